The Hall–Kier alpha value is -6.22. The second kappa shape index (κ2) is 12.1. The van der Waals surface area contributed by atoms with E-state index in [1.54, 1.807) is 0 Å². The molecule has 11 rings (SSSR count). The van der Waals surface area contributed by atoms with Gasteiger partial charge in [-0.2, -0.15) is 0 Å². The zero-order chi connectivity index (χ0) is 37.8. The maximum Gasteiger partial charge on any atom is 0.104 e. The van der Waals surface area contributed by atoms with Crippen LogP contribution in [0.1, 0.15) is 78.8 Å². The summed E-state index contributed by atoms with van der Waals surface area (Å²) in [6.45, 7) is 9.54. The Morgan fingerprint density at radius 3 is 1.98 bits per heavy atom. The van der Waals surface area contributed by atoms with Gasteiger partial charge in [0.05, 0.1) is 6.04 Å². The SMILES string of the molecule is CC1(C)c2cc3ccccc3cc2-c2c(-c3cccc(C4=CC(c5ccc6c(c5)C(C)(C)c5c-6ccc6ccccc56)NC(c5ccccc5)N4)c3)cccc21. The van der Waals surface area contributed by atoms with Crippen molar-refractivity contribution in [2.24, 2.45) is 0 Å². The van der Waals surface area contributed by atoms with Crippen LogP contribution in [0.2, 0.25) is 0 Å². The molecular weight excluding hydrogens is 677 g/mol. The molecule has 2 nitrogen and oxygen atoms in total. The lowest BCUT2D eigenvalue weighted by Crippen LogP contribution is -2.39. The highest BCUT2D eigenvalue weighted by Crippen LogP contribution is 2.54. The Morgan fingerprint density at radius 2 is 1.14 bits per heavy atom. The van der Waals surface area contributed by atoms with Crippen molar-refractivity contribution >= 4 is 27.2 Å². The highest BCUT2D eigenvalue weighted by molar-refractivity contribution is 5.99. The standard InChI is InChI=1S/C54H44N2/c1-53(2)45-23-13-22-40(50(45)44-29-35-17-8-9-18-36(35)30-47(44)53)37-19-12-20-38(28-37)48-32-49(56-52(55-48)34-15-6-5-7-16-34)39-25-26-42-43-27-24-33-14-10-11-21-41(33)51(43)54(3,4)46(42)31-39/h5-32,49,52,55-56H,1-4H3. The molecule has 2 unspecified atom stereocenters. The molecule has 0 radical (unpaired) electrons. The number of rotatable bonds is 4. The third kappa shape index (κ3) is 4.92. The van der Waals surface area contributed by atoms with Crippen molar-refractivity contribution in [3.05, 3.63) is 209 Å². The zero-order valence-corrected chi connectivity index (χ0v) is 32.3. The van der Waals surface area contributed by atoms with E-state index < -0.39 is 0 Å². The lowest BCUT2D eigenvalue weighted by Gasteiger charge is -2.34. The fourth-order valence-electron chi connectivity index (χ4n) is 10.2. The quantitative estimate of drug-likeness (QED) is 0.189. The summed E-state index contributed by atoms with van der Waals surface area (Å²) in [7, 11) is 0. The van der Waals surface area contributed by atoms with Gasteiger partial charge < -0.3 is 5.32 Å². The average Bonchev–Trinajstić information content (AvgIpc) is 3.61. The molecule has 0 aromatic heterocycles. The molecule has 2 atom stereocenters. The molecule has 8 aromatic carbocycles. The molecule has 270 valence electrons. The monoisotopic (exact) mass is 720 g/mol. The molecule has 2 N–H and O–H groups in total. The topological polar surface area (TPSA) is 24.1 Å². The van der Waals surface area contributed by atoms with E-state index in [1.165, 1.54) is 93.9 Å². The van der Waals surface area contributed by atoms with Gasteiger partial charge in [-0.3, -0.25) is 5.32 Å². The van der Waals surface area contributed by atoms with Gasteiger partial charge >= 0.3 is 0 Å². The van der Waals surface area contributed by atoms with Gasteiger partial charge in [-0.1, -0.05) is 173 Å². The van der Waals surface area contributed by atoms with Crippen molar-refractivity contribution in [1.29, 1.82) is 0 Å². The summed E-state index contributed by atoms with van der Waals surface area (Å²) in [4.78, 5) is 0. The Balaban J connectivity index is 1.02. The Bertz CT molecular complexity index is 2930. The minimum Gasteiger partial charge on any atom is -0.366 e. The van der Waals surface area contributed by atoms with Crippen molar-refractivity contribution in [3.8, 4) is 33.4 Å². The van der Waals surface area contributed by atoms with Crippen LogP contribution in [0.3, 0.4) is 0 Å². The van der Waals surface area contributed by atoms with Crippen LogP contribution in [0.25, 0.3) is 60.6 Å². The molecule has 0 bridgehead atoms. The van der Waals surface area contributed by atoms with Gasteiger partial charge in [-0.25, -0.2) is 0 Å². The number of fused-ring (bicyclic) bond motifs is 9. The van der Waals surface area contributed by atoms with Gasteiger partial charge in [0.2, 0.25) is 0 Å². The summed E-state index contributed by atoms with van der Waals surface area (Å²) in [6.07, 6.45) is 2.33. The van der Waals surface area contributed by atoms with Crippen LogP contribution in [0, 0.1) is 0 Å². The van der Waals surface area contributed by atoms with Crippen molar-refractivity contribution in [1.82, 2.24) is 10.6 Å². The van der Waals surface area contributed by atoms with E-state index in [0.717, 1.165) is 5.70 Å². The van der Waals surface area contributed by atoms with E-state index in [1.807, 2.05) is 0 Å². The summed E-state index contributed by atoms with van der Waals surface area (Å²) in [5.41, 5.74) is 18.1. The predicted octanol–water partition coefficient (Wildman–Crippen LogP) is 13.2. The molecule has 0 saturated carbocycles. The first-order chi connectivity index (χ1) is 27.3. The Kier molecular flexibility index (Phi) is 7.18. The van der Waals surface area contributed by atoms with Crippen molar-refractivity contribution in [2.45, 2.75) is 50.7 Å². The van der Waals surface area contributed by atoms with Crippen LogP contribution in [0.4, 0.5) is 0 Å². The third-order valence-electron chi connectivity index (χ3n) is 13.1. The molecule has 0 amide bonds. The van der Waals surface area contributed by atoms with Crippen LogP contribution >= 0.6 is 0 Å². The first-order valence-corrected chi connectivity index (χ1v) is 20.0. The largest absolute Gasteiger partial charge is 0.366 e. The summed E-state index contributed by atoms with van der Waals surface area (Å²) >= 11 is 0. The van der Waals surface area contributed by atoms with Crippen molar-refractivity contribution in [3.63, 3.8) is 0 Å². The molecule has 2 heteroatoms. The molecule has 0 spiro atoms. The van der Waals surface area contributed by atoms with E-state index in [2.05, 4.69) is 208 Å². The third-order valence-corrected chi connectivity index (χ3v) is 13.1. The zero-order valence-electron chi connectivity index (χ0n) is 32.3. The normalized spacial score (nSPS) is 18.5. The number of nitrogens with one attached hydrogen (secondary N) is 2. The fraction of sp³-hybridized carbons (Fsp3) is 0.148. The second-order valence-electron chi connectivity index (χ2n) is 17.0. The summed E-state index contributed by atoms with van der Waals surface area (Å²) in [5.74, 6) is 0. The van der Waals surface area contributed by atoms with Crippen LogP contribution in [-0.2, 0) is 10.8 Å². The number of benzene rings is 8. The van der Waals surface area contributed by atoms with Crippen molar-refractivity contribution < 1.29 is 0 Å². The number of hydrogen-bond acceptors (Lipinski definition) is 2. The van der Waals surface area contributed by atoms with Gasteiger partial charge in [0, 0.05) is 16.5 Å². The molecule has 1 heterocycles. The summed E-state index contributed by atoms with van der Waals surface area (Å²) in [6, 6.07) is 61.0. The van der Waals surface area contributed by atoms with Crippen LogP contribution < -0.4 is 10.6 Å². The minimum atomic E-state index is -0.121. The maximum absolute atomic E-state index is 3.98. The highest BCUT2D eigenvalue weighted by atomic mass is 15.2. The lowest BCUT2D eigenvalue weighted by atomic mass is 9.79. The molecule has 56 heavy (non-hydrogen) atoms. The first-order valence-electron chi connectivity index (χ1n) is 20.0. The van der Waals surface area contributed by atoms with E-state index in [9.17, 15) is 0 Å². The molecule has 8 aromatic rings. The van der Waals surface area contributed by atoms with E-state index >= 15 is 0 Å². The highest BCUT2D eigenvalue weighted by Gasteiger charge is 2.39. The van der Waals surface area contributed by atoms with Gasteiger partial charge in [0.25, 0.3) is 0 Å². The Morgan fingerprint density at radius 1 is 0.446 bits per heavy atom. The smallest absolute Gasteiger partial charge is 0.104 e. The first kappa shape index (κ1) is 33.1. The van der Waals surface area contributed by atoms with Gasteiger partial charge in [0.15, 0.2) is 0 Å². The van der Waals surface area contributed by atoms with Crippen LogP contribution in [0.5, 0.6) is 0 Å². The summed E-state index contributed by atoms with van der Waals surface area (Å²) < 4.78 is 0. The van der Waals surface area contributed by atoms with E-state index in [4.69, 9.17) is 0 Å². The Labute approximate surface area is 329 Å². The molecule has 1 aliphatic heterocycles. The molecule has 0 fully saturated rings. The molecule has 0 saturated heterocycles. The van der Waals surface area contributed by atoms with E-state index in [0.29, 0.717) is 0 Å². The van der Waals surface area contributed by atoms with Crippen LogP contribution in [-0.4, -0.2) is 0 Å². The van der Waals surface area contributed by atoms with Gasteiger partial charge in [-0.05, 0) is 118 Å². The minimum absolute atomic E-state index is 0.00333. The van der Waals surface area contributed by atoms with E-state index in [-0.39, 0.29) is 23.0 Å². The van der Waals surface area contributed by atoms with Crippen LogP contribution in [0.15, 0.2) is 170 Å². The number of hydrogen-bond donors (Lipinski definition) is 2. The molecule has 3 aliphatic rings. The fourth-order valence-corrected chi connectivity index (χ4v) is 10.2. The maximum atomic E-state index is 3.98. The van der Waals surface area contributed by atoms with Gasteiger partial charge in [-0.15, -0.1) is 0 Å². The van der Waals surface area contributed by atoms with Gasteiger partial charge in [0.1, 0.15) is 6.17 Å². The predicted molar refractivity (Wildman–Crippen MR) is 235 cm³/mol. The second-order valence-corrected chi connectivity index (χ2v) is 17.0. The summed E-state index contributed by atoms with van der Waals surface area (Å²) in [5, 5.41) is 13.1. The molecular formula is C54H44N2. The average molecular weight is 721 g/mol. The lowest BCUT2D eigenvalue weighted by molar-refractivity contribution is 0.442. The van der Waals surface area contributed by atoms with Crippen molar-refractivity contribution in [2.75, 3.05) is 0 Å². The molecule has 2 aliphatic carbocycles.